The number of rotatable bonds is 2. The molecule has 0 fully saturated rings. The average molecular weight is 470 g/mol. The number of alkyl halides is 9. The van der Waals surface area contributed by atoms with E-state index in [0.29, 0.717) is 4.68 Å². The molecule has 2 aromatic carbocycles. The molecule has 13 heteroatoms. The summed E-state index contributed by atoms with van der Waals surface area (Å²) < 4.78 is 121. The summed E-state index contributed by atoms with van der Waals surface area (Å²) in [6, 6.07) is 2.72. The van der Waals surface area contributed by atoms with Crippen LogP contribution in [0, 0.1) is 0 Å². The standard InChI is InChI=1S/C19H11F9N2O2/c1-30-15(12-3-2-11(31)7-13(12)32)14(16(29-30)19(26,27)28)8-4-9(17(20,21)22)6-10(5-8)18(23,24)25/h2-7,31-32H,1H3. The lowest BCUT2D eigenvalue weighted by molar-refractivity contribution is -0.143. The molecule has 4 nitrogen and oxygen atoms in total. The van der Waals surface area contributed by atoms with Crippen LogP contribution in [-0.2, 0) is 25.6 Å². The average Bonchev–Trinajstić information content (AvgIpc) is 2.97. The second kappa shape index (κ2) is 7.35. The summed E-state index contributed by atoms with van der Waals surface area (Å²) >= 11 is 0. The van der Waals surface area contributed by atoms with E-state index in [2.05, 4.69) is 5.10 Å². The fourth-order valence-corrected chi connectivity index (χ4v) is 3.12. The molecule has 0 saturated heterocycles. The molecule has 0 unspecified atom stereocenters. The van der Waals surface area contributed by atoms with Crippen molar-refractivity contribution in [1.82, 2.24) is 9.78 Å². The topological polar surface area (TPSA) is 58.3 Å². The summed E-state index contributed by atoms with van der Waals surface area (Å²) in [5.74, 6) is -1.25. The Bertz CT molecular complexity index is 1140. The number of halogens is 9. The number of aryl methyl sites for hydroxylation is 1. The number of phenolic OH excluding ortho intramolecular Hbond substituents is 2. The van der Waals surface area contributed by atoms with Crippen LogP contribution >= 0.6 is 0 Å². The maximum absolute atomic E-state index is 13.7. The van der Waals surface area contributed by atoms with E-state index in [9.17, 15) is 49.7 Å². The van der Waals surface area contributed by atoms with Crippen molar-refractivity contribution in [2.24, 2.45) is 7.05 Å². The summed E-state index contributed by atoms with van der Waals surface area (Å²) in [5.41, 5.74) is -8.57. The van der Waals surface area contributed by atoms with Gasteiger partial charge in [0.15, 0.2) is 5.69 Å². The van der Waals surface area contributed by atoms with Gasteiger partial charge in [0.05, 0.1) is 16.8 Å². The highest BCUT2D eigenvalue weighted by Crippen LogP contribution is 2.47. The maximum atomic E-state index is 13.7. The predicted molar refractivity (Wildman–Crippen MR) is 92.4 cm³/mol. The molecule has 1 aromatic heterocycles. The second-order valence-electron chi connectivity index (χ2n) is 6.69. The van der Waals surface area contributed by atoms with Crippen LogP contribution in [0.5, 0.6) is 11.5 Å². The largest absolute Gasteiger partial charge is 0.508 e. The molecule has 32 heavy (non-hydrogen) atoms. The van der Waals surface area contributed by atoms with Gasteiger partial charge in [0.25, 0.3) is 0 Å². The van der Waals surface area contributed by atoms with Gasteiger partial charge in [0.2, 0.25) is 0 Å². The Kier molecular flexibility index (Phi) is 5.35. The van der Waals surface area contributed by atoms with Crippen LogP contribution in [0.2, 0.25) is 0 Å². The van der Waals surface area contributed by atoms with Crippen LogP contribution in [0.1, 0.15) is 16.8 Å². The van der Waals surface area contributed by atoms with Crippen molar-refractivity contribution in [1.29, 1.82) is 0 Å². The molecule has 0 radical (unpaired) electrons. The van der Waals surface area contributed by atoms with Crippen LogP contribution < -0.4 is 0 Å². The molecule has 2 N–H and O–H groups in total. The van der Waals surface area contributed by atoms with E-state index in [1.165, 1.54) is 0 Å². The Hall–Kier alpha value is -3.38. The Morgan fingerprint density at radius 3 is 1.72 bits per heavy atom. The number of benzene rings is 2. The number of hydrogen-bond acceptors (Lipinski definition) is 3. The maximum Gasteiger partial charge on any atom is 0.435 e. The summed E-state index contributed by atoms with van der Waals surface area (Å²) in [6.45, 7) is 0. The second-order valence-corrected chi connectivity index (χ2v) is 6.69. The van der Waals surface area contributed by atoms with E-state index < -0.39 is 69.2 Å². The molecular weight excluding hydrogens is 459 g/mol. The fraction of sp³-hybridized carbons (Fsp3) is 0.211. The van der Waals surface area contributed by atoms with Crippen molar-refractivity contribution in [3.8, 4) is 33.9 Å². The zero-order chi connectivity index (χ0) is 24.2. The fourth-order valence-electron chi connectivity index (χ4n) is 3.12. The highest BCUT2D eigenvalue weighted by atomic mass is 19.4. The Labute approximate surface area is 173 Å². The minimum Gasteiger partial charge on any atom is -0.508 e. The molecule has 3 aromatic rings. The monoisotopic (exact) mass is 470 g/mol. The molecular formula is C19H11F9N2O2. The third kappa shape index (κ3) is 4.32. The van der Waals surface area contributed by atoms with Crippen LogP contribution in [0.25, 0.3) is 22.4 Å². The summed E-state index contributed by atoms with van der Waals surface area (Å²) in [5, 5.41) is 22.7. The lowest BCUT2D eigenvalue weighted by Crippen LogP contribution is -2.12. The Morgan fingerprint density at radius 2 is 1.28 bits per heavy atom. The van der Waals surface area contributed by atoms with Gasteiger partial charge >= 0.3 is 18.5 Å². The molecule has 3 rings (SSSR count). The first-order chi connectivity index (χ1) is 14.5. The molecule has 0 atom stereocenters. The molecule has 0 spiro atoms. The molecule has 0 aliphatic heterocycles. The van der Waals surface area contributed by atoms with Crippen LogP contribution in [-0.4, -0.2) is 20.0 Å². The number of aromatic nitrogens is 2. The van der Waals surface area contributed by atoms with Gasteiger partial charge < -0.3 is 10.2 Å². The minimum absolute atomic E-state index is 0.141. The van der Waals surface area contributed by atoms with E-state index in [-0.39, 0.29) is 18.2 Å². The Balaban J connectivity index is 2.46. The molecule has 0 amide bonds. The van der Waals surface area contributed by atoms with E-state index in [1.54, 1.807) is 0 Å². The molecule has 0 aliphatic rings. The van der Waals surface area contributed by atoms with Crippen molar-refractivity contribution in [3.05, 3.63) is 53.2 Å². The van der Waals surface area contributed by atoms with Gasteiger partial charge in [-0.15, -0.1) is 0 Å². The third-order valence-corrected chi connectivity index (χ3v) is 4.43. The van der Waals surface area contributed by atoms with Gasteiger partial charge in [-0.05, 0) is 35.9 Å². The number of nitrogens with zero attached hydrogens (tertiary/aromatic N) is 2. The van der Waals surface area contributed by atoms with Crippen LogP contribution in [0.15, 0.2) is 36.4 Å². The quantitative estimate of drug-likeness (QED) is 0.437. The number of aromatic hydroxyl groups is 2. The number of phenols is 2. The van der Waals surface area contributed by atoms with Crippen molar-refractivity contribution in [2.75, 3.05) is 0 Å². The van der Waals surface area contributed by atoms with Gasteiger partial charge in [0, 0.05) is 24.2 Å². The molecule has 0 saturated carbocycles. The van der Waals surface area contributed by atoms with Crippen molar-refractivity contribution in [3.63, 3.8) is 0 Å². The van der Waals surface area contributed by atoms with Crippen LogP contribution in [0.4, 0.5) is 39.5 Å². The smallest absolute Gasteiger partial charge is 0.435 e. The van der Waals surface area contributed by atoms with Crippen molar-refractivity contribution >= 4 is 0 Å². The molecule has 172 valence electrons. The van der Waals surface area contributed by atoms with E-state index in [0.717, 1.165) is 25.2 Å². The molecule has 0 aliphatic carbocycles. The van der Waals surface area contributed by atoms with Gasteiger partial charge in [-0.25, -0.2) is 0 Å². The van der Waals surface area contributed by atoms with Gasteiger partial charge in [-0.3, -0.25) is 4.68 Å². The van der Waals surface area contributed by atoms with Gasteiger partial charge in [-0.1, -0.05) is 0 Å². The van der Waals surface area contributed by atoms with E-state index in [1.807, 2.05) is 0 Å². The summed E-state index contributed by atoms with van der Waals surface area (Å²) in [7, 11) is 0.971. The number of hydrogen-bond donors (Lipinski definition) is 2. The van der Waals surface area contributed by atoms with Crippen molar-refractivity contribution in [2.45, 2.75) is 18.5 Å². The first-order valence-electron chi connectivity index (χ1n) is 8.46. The Morgan fingerprint density at radius 1 is 0.750 bits per heavy atom. The first kappa shape index (κ1) is 23.3. The first-order valence-corrected chi connectivity index (χ1v) is 8.46. The lowest BCUT2D eigenvalue weighted by atomic mass is 9.94. The minimum atomic E-state index is -5.29. The van der Waals surface area contributed by atoms with Gasteiger partial charge in [0.1, 0.15) is 11.5 Å². The third-order valence-electron chi connectivity index (χ3n) is 4.43. The molecule has 0 bridgehead atoms. The van der Waals surface area contributed by atoms with E-state index in [4.69, 9.17) is 0 Å². The zero-order valence-corrected chi connectivity index (χ0v) is 15.7. The highest BCUT2D eigenvalue weighted by molar-refractivity contribution is 5.86. The van der Waals surface area contributed by atoms with Crippen LogP contribution in [0.3, 0.4) is 0 Å². The predicted octanol–water partition coefficient (Wildman–Crippen LogP) is 6.22. The van der Waals surface area contributed by atoms with Crippen molar-refractivity contribution < 1.29 is 49.7 Å². The normalized spacial score (nSPS) is 12.9. The summed E-state index contributed by atoms with van der Waals surface area (Å²) in [6.07, 6.45) is -15.8. The SMILES string of the molecule is Cn1nc(C(F)(F)F)c(-c2cc(C(F)(F)F)cc(C(F)(F)F)c2)c1-c1ccc(O)cc1O. The lowest BCUT2D eigenvalue weighted by Gasteiger charge is -2.16. The van der Waals surface area contributed by atoms with E-state index >= 15 is 0 Å². The summed E-state index contributed by atoms with van der Waals surface area (Å²) in [4.78, 5) is 0. The highest BCUT2D eigenvalue weighted by Gasteiger charge is 2.42. The zero-order valence-electron chi connectivity index (χ0n) is 15.7. The molecule has 1 heterocycles. The van der Waals surface area contributed by atoms with Gasteiger partial charge in [-0.2, -0.15) is 44.6 Å².